The number of aryl methyl sites for hydroxylation is 1. The minimum atomic E-state index is -3.19. The third-order valence-corrected chi connectivity index (χ3v) is 4.30. The summed E-state index contributed by atoms with van der Waals surface area (Å²) in [4.78, 5) is 22.6. The van der Waals surface area contributed by atoms with Crippen molar-refractivity contribution in [3.63, 3.8) is 0 Å². The average Bonchev–Trinajstić information content (AvgIpc) is 2.70. The lowest BCUT2D eigenvalue weighted by molar-refractivity contribution is -0.386. The predicted molar refractivity (Wildman–Crippen MR) is 107 cm³/mol. The first-order valence-electron chi connectivity index (χ1n) is 9.31. The molecule has 0 radical (unpaired) electrons. The first-order chi connectivity index (χ1) is 14.6. The molecule has 0 bridgehead atoms. The van der Waals surface area contributed by atoms with E-state index in [0.717, 1.165) is 23.3 Å². The van der Waals surface area contributed by atoms with Crippen LogP contribution in [0.5, 0.6) is 17.2 Å². The quantitative estimate of drug-likeness (QED) is 0.299. The van der Waals surface area contributed by atoms with Crippen molar-refractivity contribution in [1.82, 2.24) is 0 Å². The molecule has 10 heteroatoms. The lowest BCUT2D eigenvalue weighted by Crippen LogP contribution is -2.16. The summed E-state index contributed by atoms with van der Waals surface area (Å²) >= 11 is 0. The topological polar surface area (TPSA) is 97.1 Å². The van der Waals surface area contributed by atoms with Gasteiger partial charge < -0.3 is 18.9 Å². The Morgan fingerprint density at radius 3 is 2.42 bits per heavy atom. The average molecular weight is 439 g/mol. The molecule has 0 aromatic heterocycles. The van der Waals surface area contributed by atoms with E-state index in [-0.39, 0.29) is 17.2 Å². The number of nitro groups is 1. The number of benzene rings is 2. The normalized spacial score (nSPS) is 10.8. The van der Waals surface area contributed by atoms with Crippen LogP contribution >= 0.6 is 0 Å². The summed E-state index contributed by atoms with van der Waals surface area (Å²) in [7, 11) is 1.19. The van der Waals surface area contributed by atoms with Crippen LogP contribution in [0.4, 0.5) is 14.5 Å². The Morgan fingerprint density at radius 1 is 1.13 bits per heavy atom. The molecule has 0 fully saturated rings. The van der Waals surface area contributed by atoms with Gasteiger partial charge in [0.25, 0.3) is 5.69 Å². The van der Waals surface area contributed by atoms with Crippen molar-refractivity contribution in [2.45, 2.75) is 39.9 Å². The van der Waals surface area contributed by atoms with Gasteiger partial charge in [0.1, 0.15) is 12.4 Å². The monoisotopic (exact) mass is 439 g/mol. The van der Waals surface area contributed by atoms with E-state index >= 15 is 0 Å². The summed E-state index contributed by atoms with van der Waals surface area (Å²) < 4.78 is 44.9. The van der Waals surface area contributed by atoms with E-state index in [1.807, 2.05) is 32.9 Å². The van der Waals surface area contributed by atoms with Gasteiger partial charge in [0, 0.05) is 0 Å². The zero-order valence-corrected chi connectivity index (χ0v) is 17.5. The summed E-state index contributed by atoms with van der Waals surface area (Å²) in [5.74, 6) is -0.681. The fourth-order valence-electron chi connectivity index (χ4n) is 2.80. The first-order valence-corrected chi connectivity index (χ1v) is 9.31. The van der Waals surface area contributed by atoms with Gasteiger partial charge in [0.05, 0.1) is 23.7 Å². The predicted octanol–water partition coefficient (Wildman–Crippen LogP) is 4.76. The molecule has 0 unspecified atom stereocenters. The molecule has 0 amide bonds. The number of hydrogen-bond donors (Lipinski definition) is 0. The maximum absolute atomic E-state index is 12.5. The van der Waals surface area contributed by atoms with Crippen molar-refractivity contribution in [2.24, 2.45) is 0 Å². The fourth-order valence-corrected chi connectivity index (χ4v) is 2.80. The second-order valence-corrected chi connectivity index (χ2v) is 6.91. The second kappa shape index (κ2) is 10.6. The van der Waals surface area contributed by atoms with Crippen LogP contribution in [-0.2, 0) is 16.1 Å². The van der Waals surface area contributed by atoms with Crippen molar-refractivity contribution in [3.8, 4) is 17.2 Å². The molecule has 0 atom stereocenters. The van der Waals surface area contributed by atoms with Gasteiger partial charge in [-0.1, -0.05) is 26.0 Å². The molecular weight excluding hydrogens is 416 g/mol. The van der Waals surface area contributed by atoms with Crippen LogP contribution in [0, 0.1) is 17.0 Å². The van der Waals surface area contributed by atoms with Gasteiger partial charge in [-0.3, -0.25) is 10.1 Å². The number of methoxy groups -OCH3 is 1. The number of ether oxygens (including phenoxy) is 4. The van der Waals surface area contributed by atoms with Crippen molar-refractivity contribution in [3.05, 3.63) is 57.1 Å². The minimum Gasteiger partial charge on any atom is -0.493 e. The number of nitro benzene ring substituents is 1. The second-order valence-electron chi connectivity index (χ2n) is 6.91. The Hall–Kier alpha value is -3.43. The van der Waals surface area contributed by atoms with Crippen LogP contribution in [0.2, 0.25) is 0 Å². The molecule has 2 aromatic carbocycles. The fraction of sp³-hybridized carbons (Fsp3) is 0.381. The Bertz CT molecular complexity index is 948. The van der Waals surface area contributed by atoms with Gasteiger partial charge in [-0.2, -0.15) is 8.78 Å². The van der Waals surface area contributed by atoms with E-state index in [1.165, 1.54) is 7.11 Å². The summed E-state index contributed by atoms with van der Waals surface area (Å²) in [6.45, 7) is 1.80. The van der Waals surface area contributed by atoms with Gasteiger partial charge in [-0.15, -0.1) is 0 Å². The van der Waals surface area contributed by atoms with Crippen LogP contribution in [0.15, 0.2) is 30.3 Å². The molecule has 8 nitrogen and oxygen atoms in total. The number of esters is 1. The van der Waals surface area contributed by atoms with E-state index in [0.29, 0.717) is 5.75 Å². The largest absolute Gasteiger partial charge is 0.493 e. The van der Waals surface area contributed by atoms with Crippen LogP contribution < -0.4 is 14.2 Å². The van der Waals surface area contributed by atoms with E-state index in [1.54, 1.807) is 6.07 Å². The molecule has 31 heavy (non-hydrogen) atoms. The summed E-state index contributed by atoms with van der Waals surface area (Å²) in [6.07, 6.45) is 0. The number of nitrogens with zero attached hydrogens (tertiary/aromatic N) is 1. The Balaban J connectivity index is 2.11. The zero-order chi connectivity index (χ0) is 23.1. The van der Waals surface area contributed by atoms with E-state index < -0.39 is 42.2 Å². The van der Waals surface area contributed by atoms with Crippen molar-refractivity contribution < 1.29 is 37.4 Å². The molecule has 0 N–H and O–H groups in total. The highest BCUT2D eigenvalue weighted by atomic mass is 19.3. The molecule has 2 aromatic rings. The van der Waals surface area contributed by atoms with Crippen LogP contribution in [0.25, 0.3) is 0 Å². The van der Waals surface area contributed by atoms with Gasteiger partial charge in [0.15, 0.2) is 18.1 Å². The molecule has 168 valence electrons. The summed E-state index contributed by atoms with van der Waals surface area (Å²) in [6, 6.07) is 7.57. The van der Waals surface area contributed by atoms with Crippen molar-refractivity contribution in [1.29, 1.82) is 0 Å². The summed E-state index contributed by atoms with van der Waals surface area (Å²) in [5, 5.41) is 11.3. The van der Waals surface area contributed by atoms with Crippen molar-refractivity contribution >= 4 is 11.7 Å². The van der Waals surface area contributed by atoms with Crippen LogP contribution in [-0.4, -0.2) is 31.2 Å². The molecule has 0 aliphatic heterocycles. The smallest absolute Gasteiger partial charge is 0.387 e. The molecule has 0 aliphatic carbocycles. The Kier molecular flexibility index (Phi) is 8.12. The Morgan fingerprint density at radius 2 is 1.84 bits per heavy atom. The van der Waals surface area contributed by atoms with Crippen LogP contribution in [0.3, 0.4) is 0 Å². The first kappa shape index (κ1) is 23.8. The van der Waals surface area contributed by atoms with Crippen LogP contribution in [0.1, 0.15) is 36.5 Å². The SMILES string of the molecule is COc1cc(COC(=O)COc2cc(C)ccc2C(C)C)c([N+](=O)[O-])cc1OC(F)F. The summed E-state index contributed by atoms with van der Waals surface area (Å²) in [5.41, 5.74) is 1.29. The maximum Gasteiger partial charge on any atom is 0.387 e. The van der Waals surface area contributed by atoms with E-state index in [4.69, 9.17) is 14.2 Å². The standard InChI is InChI=1S/C21H23F2NO7/c1-12(2)15-6-5-13(3)7-17(15)29-11-20(25)30-10-14-8-18(28-4)19(31-21(22)23)9-16(14)24(26)27/h5-9,12,21H,10-11H2,1-4H3. The molecule has 0 saturated carbocycles. The van der Waals surface area contributed by atoms with E-state index in [2.05, 4.69) is 4.74 Å². The zero-order valence-electron chi connectivity index (χ0n) is 17.5. The molecule has 2 rings (SSSR count). The minimum absolute atomic E-state index is 0.0461. The Labute approximate surface area is 177 Å². The lowest BCUT2D eigenvalue weighted by Gasteiger charge is -2.15. The highest BCUT2D eigenvalue weighted by molar-refractivity contribution is 5.71. The highest BCUT2D eigenvalue weighted by Gasteiger charge is 2.23. The van der Waals surface area contributed by atoms with Gasteiger partial charge in [0.2, 0.25) is 0 Å². The third-order valence-electron chi connectivity index (χ3n) is 4.30. The highest BCUT2D eigenvalue weighted by Crippen LogP contribution is 2.36. The number of halogens is 2. The number of alkyl halides is 2. The number of carbonyl (C=O) groups excluding carboxylic acids is 1. The molecule has 0 spiro atoms. The third kappa shape index (κ3) is 6.53. The molecule has 0 aliphatic rings. The van der Waals surface area contributed by atoms with Gasteiger partial charge in [-0.05, 0) is 36.1 Å². The molecule has 0 heterocycles. The maximum atomic E-state index is 12.5. The lowest BCUT2D eigenvalue weighted by atomic mass is 10.0. The number of rotatable bonds is 10. The van der Waals surface area contributed by atoms with Gasteiger partial charge >= 0.3 is 12.6 Å². The van der Waals surface area contributed by atoms with E-state index in [9.17, 15) is 23.7 Å². The molecular formula is C21H23F2NO7. The van der Waals surface area contributed by atoms with Crippen molar-refractivity contribution in [2.75, 3.05) is 13.7 Å². The molecule has 0 saturated heterocycles. The number of carbonyl (C=O) groups is 1. The number of hydrogen-bond acceptors (Lipinski definition) is 7. The van der Waals surface area contributed by atoms with Gasteiger partial charge in [-0.25, -0.2) is 4.79 Å².